The van der Waals surface area contributed by atoms with Gasteiger partial charge in [-0.2, -0.15) is 0 Å². The topological polar surface area (TPSA) is 91.8 Å². The minimum Gasteiger partial charge on any atom is -0.508 e. The molecule has 4 atom stereocenters. The quantitative estimate of drug-likeness (QED) is 0.327. The van der Waals surface area contributed by atoms with E-state index < -0.39 is 23.7 Å². The Morgan fingerprint density at radius 1 is 1.11 bits per heavy atom. The number of phenols is 1. The Labute approximate surface area is 220 Å². The van der Waals surface area contributed by atoms with Gasteiger partial charge in [0.05, 0.1) is 18.4 Å². The van der Waals surface area contributed by atoms with Crippen LogP contribution in [0.25, 0.3) is 0 Å². The molecule has 1 saturated heterocycles. The molecule has 182 valence electrons. The minimum absolute atomic E-state index is 0.0133. The molecule has 1 fully saturated rings. The highest BCUT2D eigenvalue weighted by atomic mass is 79.9. The summed E-state index contributed by atoms with van der Waals surface area (Å²) in [5.74, 6) is -3.01. The van der Waals surface area contributed by atoms with Crippen LogP contribution in [-0.2, 0) is 25.7 Å². The van der Waals surface area contributed by atoms with Gasteiger partial charge in [0, 0.05) is 37.6 Å². The van der Waals surface area contributed by atoms with Gasteiger partial charge < -0.3 is 5.11 Å². The molecule has 1 N–H and O–H groups in total. The number of thiophene rings is 1. The number of ketones is 2. The van der Waals surface area contributed by atoms with E-state index in [9.17, 15) is 24.3 Å². The molecular formula is C28H22BrNO5S. The molecule has 1 aliphatic heterocycles. The van der Waals surface area contributed by atoms with Crippen molar-refractivity contribution in [3.05, 3.63) is 85.1 Å². The number of likely N-dealkylation sites (tertiary alicyclic amines) is 1. The molecule has 2 aromatic rings. The molecule has 1 aromatic heterocycles. The van der Waals surface area contributed by atoms with E-state index in [0.29, 0.717) is 28.7 Å². The molecule has 0 bridgehead atoms. The number of aromatic hydroxyl groups is 1. The van der Waals surface area contributed by atoms with E-state index in [1.807, 2.05) is 23.6 Å². The van der Waals surface area contributed by atoms with Gasteiger partial charge in [0.25, 0.3) is 0 Å². The van der Waals surface area contributed by atoms with Crippen molar-refractivity contribution >= 4 is 50.6 Å². The number of carbonyl (C=O) groups excluding carboxylic acids is 4. The van der Waals surface area contributed by atoms with Crippen LogP contribution in [0.5, 0.6) is 5.75 Å². The third kappa shape index (κ3) is 3.42. The van der Waals surface area contributed by atoms with E-state index in [2.05, 4.69) is 15.9 Å². The highest BCUT2D eigenvalue weighted by molar-refractivity contribution is 9.10. The van der Waals surface area contributed by atoms with Crippen LogP contribution in [0.4, 0.5) is 0 Å². The van der Waals surface area contributed by atoms with Crippen LogP contribution in [0, 0.1) is 17.8 Å². The number of Topliss-reactive ketones (excluding diaryl/α,β-unsaturated/α-hetero) is 1. The van der Waals surface area contributed by atoms with Crippen molar-refractivity contribution in [2.24, 2.45) is 17.8 Å². The number of amides is 2. The van der Waals surface area contributed by atoms with Gasteiger partial charge in [-0.25, -0.2) is 0 Å². The first-order chi connectivity index (χ1) is 17.3. The first-order valence-corrected chi connectivity index (χ1v) is 13.5. The smallest absolute Gasteiger partial charge is 0.234 e. The number of hydrogen-bond donors (Lipinski definition) is 1. The number of rotatable bonds is 3. The van der Waals surface area contributed by atoms with Gasteiger partial charge in [-0.05, 0) is 61.4 Å². The molecule has 2 heterocycles. The molecule has 6 rings (SSSR count). The molecule has 0 radical (unpaired) electrons. The zero-order chi connectivity index (χ0) is 25.3. The summed E-state index contributed by atoms with van der Waals surface area (Å²) in [6.07, 6.45) is 3.94. The van der Waals surface area contributed by atoms with Crippen molar-refractivity contribution in [1.82, 2.24) is 4.90 Å². The largest absolute Gasteiger partial charge is 0.508 e. The van der Waals surface area contributed by atoms with Crippen LogP contribution in [0.1, 0.15) is 36.1 Å². The highest BCUT2D eigenvalue weighted by Crippen LogP contribution is 2.56. The lowest BCUT2D eigenvalue weighted by Crippen LogP contribution is -2.39. The maximum absolute atomic E-state index is 13.7. The van der Waals surface area contributed by atoms with Gasteiger partial charge in [-0.3, -0.25) is 24.1 Å². The highest BCUT2D eigenvalue weighted by Gasteiger charge is 2.56. The molecule has 2 amide bonds. The van der Waals surface area contributed by atoms with Crippen molar-refractivity contribution in [2.45, 2.75) is 32.2 Å². The van der Waals surface area contributed by atoms with E-state index in [-0.39, 0.29) is 42.1 Å². The van der Waals surface area contributed by atoms with Gasteiger partial charge >= 0.3 is 0 Å². The standard InChI is InChI=1S/C28H22BrNO5S/c1-13-9-22(32)20-11-18-16(23(25(20)26(13)33)19-10-14(29)4-7-21(19)31)5-6-17-24(18)28(35)30(27(17)34)12-15-3-2-8-36-15/h2-5,7-10,17-18,23-24,31H,6,11-12H2,1H3. The summed E-state index contributed by atoms with van der Waals surface area (Å²) < 4.78 is 0.727. The number of allylic oxidation sites excluding steroid dienone is 6. The predicted molar refractivity (Wildman–Crippen MR) is 137 cm³/mol. The van der Waals surface area contributed by atoms with E-state index in [1.54, 1.807) is 25.1 Å². The van der Waals surface area contributed by atoms with E-state index in [4.69, 9.17) is 0 Å². The zero-order valence-corrected chi connectivity index (χ0v) is 21.8. The fourth-order valence-electron chi connectivity index (χ4n) is 6.25. The van der Waals surface area contributed by atoms with Gasteiger partial charge in [0.15, 0.2) is 11.6 Å². The molecule has 4 unspecified atom stereocenters. The van der Waals surface area contributed by atoms with Crippen LogP contribution in [0.15, 0.2) is 74.6 Å². The molecule has 0 saturated carbocycles. The normalized spacial score (nSPS) is 27.6. The second kappa shape index (κ2) is 8.49. The van der Waals surface area contributed by atoms with Gasteiger partial charge in [0.1, 0.15) is 5.75 Å². The second-order valence-corrected chi connectivity index (χ2v) is 11.7. The van der Waals surface area contributed by atoms with Gasteiger partial charge in [-0.15, -0.1) is 11.3 Å². The first kappa shape index (κ1) is 23.3. The monoisotopic (exact) mass is 563 g/mol. The van der Waals surface area contributed by atoms with E-state index in [1.165, 1.54) is 22.3 Å². The Bertz CT molecular complexity index is 1450. The average Bonchev–Trinajstić information content (AvgIpc) is 3.46. The molecule has 4 aliphatic rings. The number of carbonyl (C=O) groups is 4. The Kier molecular flexibility index (Phi) is 5.50. The summed E-state index contributed by atoms with van der Waals surface area (Å²) in [7, 11) is 0. The van der Waals surface area contributed by atoms with Gasteiger partial charge in [0.2, 0.25) is 11.8 Å². The number of halogens is 1. The third-order valence-corrected chi connectivity index (χ3v) is 9.21. The average molecular weight is 564 g/mol. The number of phenolic OH excluding ortho intramolecular Hbond substituents is 1. The van der Waals surface area contributed by atoms with Crippen LogP contribution < -0.4 is 0 Å². The Morgan fingerprint density at radius 3 is 2.67 bits per heavy atom. The van der Waals surface area contributed by atoms with Crippen molar-refractivity contribution in [2.75, 3.05) is 0 Å². The summed E-state index contributed by atoms with van der Waals surface area (Å²) in [4.78, 5) is 55.9. The third-order valence-electron chi connectivity index (χ3n) is 7.85. The summed E-state index contributed by atoms with van der Waals surface area (Å²) in [5, 5.41) is 12.8. The molecular weight excluding hydrogens is 542 g/mol. The number of fused-ring (bicyclic) bond motifs is 3. The Hall–Kier alpha value is -3.10. The number of benzene rings is 1. The van der Waals surface area contributed by atoms with E-state index >= 15 is 0 Å². The first-order valence-electron chi connectivity index (χ1n) is 11.8. The molecule has 8 heteroatoms. The van der Waals surface area contributed by atoms with Crippen LogP contribution in [0.2, 0.25) is 0 Å². The Balaban J connectivity index is 1.48. The summed E-state index contributed by atoms with van der Waals surface area (Å²) in [6.45, 7) is 1.87. The summed E-state index contributed by atoms with van der Waals surface area (Å²) >= 11 is 4.96. The minimum atomic E-state index is -0.661. The maximum Gasteiger partial charge on any atom is 0.234 e. The lowest BCUT2D eigenvalue weighted by molar-refractivity contribution is -0.140. The fourth-order valence-corrected chi connectivity index (χ4v) is 7.32. The number of imide groups is 1. The Morgan fingerprint density at radius 2 is 1.92 bits per heavy atom. The second-order valence-electron chi connectivity index (χ2n) is 9.77. The number of nitrogens with zero attached hydrogens (tertiary/aromatic N) is 1. The summed E-state index contributed by atoms with van der Waals surface area (Å²) in [5.41, 5.74) is 2.46. The van der Waals surface area contributed by atoms with Crippen molar-refractivity contribution < 1.29 is 24.3 Å². The molecule has 6 nitrogen and oxygen atoms in total. The molecule has 3 aliphatic carbocycles. The number of hydrogen-bond acceptors (Lipinski definition) is 6. The van der Waals surface area contributed by atoms with Crippen molar-refractivity contribution in [3.63, 3.8) is 0 Å². The molecule has 1 aromatic carbocycles. The maximum atomic E-state index is 13.7. The lowest BCUT2D eigenvalue weighted by Gasteiger charge is -2.42. The van der Waals surface area contributed by atoms with Crippen molar-refractivity contribution in [3.8, 4) is 5.75 Å². The van der Waals surface area contributed by atoms with Crippen LogP contribution in [0.3, 0.4) is 0 Å². The predicted octanol–water partition coefficient (Wildman–Crippen LogP) is 4.85. The summed E-state index contributed by atoms with van der Waals surface area (Å²) in [6, 6.07) is 8.82. The fraction of sp³-hybridized carbons (Fsp3) is 0.286. The molecule has 0 spiro atoms. The van der Waals surface area contributed by atoms with Crippen LogP contribution >= 0.6 is 27.3 Å². The zero-order valence-electron chi connectivity index (χ0n) is 19.4. The van der Waals surface area contributed by atoms with Crippen LogP contribution in [-0.4, -0.2) is 33.4 Å². The lowest BCUT2D eigenvalue weighted by atomic mass is 9.59. The van der Waals surface area contributed by atoms with Crippen molar-refractivity contribution in [1.29, 1.82) is 0 Å². The van der Waals surface area contributed by atoms with Gasteiger partial charge in [-0.1, -0.05) is 33.6 Å². The van der Waals surface area contributed by atoms with E-state index in [0.717, 1.165) is 14.9 Å². The SMILES string of the molecule is CC1=CC(=O)C2=C(C1=O)C(c1cc(Br)ccc1O)C1=CCC3C(=O)N(Cc4cccs4)C(=O)C3C1C2. The molecule has 36 heavy (non-hydrogen) atoms.